The average Bonchev–Trinajstić information content (AvgIpc) is 2.65. The Morgan fingerprint density at radius 2 is 2.43 bits per heavy atom. The highest BCUT2D eigenvalue weighted by Crippen LogP contribution is 2.24. The summed E-state index contributed by atoms with van der Waals surface area (Å²) < 4.78 is 1.45. The van der Waals surface area contributed by atoms with Crippen LogP contribution in [0.25, 0.3) is 0 Å². The minimum atomic E-state index is 0.670. The molecular weight excluding hydrogens is 210 g/mol. The fraction of sp³-hybridized carbons (Fsp3) is 0.636. The van der Waals surface area contributed by atoms with E-state index in [1.165, 1.54) is 22.8 Å². The van der Waals surface area contributed by atoms with Crippen molar-refractivity contribution in [1.82, 2.24) is 5.32 Å². The third-order valence-electron chi connectivity index (χ3n) is 2.07. The SMILES string of the molecule is CCNC(C)CCCSc1cccs1. The van der Waals surface area contributed by atoms with Crippen molar-refractivity contribution in [2.45, 2.75) is 36.9 Å². The first-order valence-electron chi connectivity index (χ1n) is 5.22. The van der Waals surface area contributed by atoms with Crippen LogP contribution in [0.4, 0.5) is 0 Å². The normalized spacial score (nSPS) is 13.0. The summed E-state index contributed by atoms with van der Waals surface area (Å²) in [7, 11) is 0. The van der Waals surface area contributed by atoms with E-state index in [0.29, 0.717) is 6.04 Å². The minimum absolute atomic E-state index is 0.670. The molecule has 80 valence electrons. The molecule has 1 aromatic heterocycles. The number of hydrogen-bond donors (Lipinski definition) is 1. The lowest BCUT2D eigenvalue weighted by molar-refractivity contribution is 0.526. The lowest BCUT2D eigenvalue weighted by Crippen LogP contribution is -2.25. The van der Waals surface area contributed by atoms with E-state index in [4.69, 9.17) is 0 Å². The molecule has 1 nitrogen and oxygen atoms in total. The fourth-order valence-electron chi connectivity index (χ4n) is 1.36. The first kappa shape index (κ1) is 12.1. The lowest BCUT2D eigenvalue weighted by Gasteiger charge is -2.10. The molecule has 1 aromatic rings. The maximum absolute atomic E-state index is 3.43. The van der Waals surface area contributed by atoms with E-state index in [1.54, 1.807) is 0 Å². The van der Waals surface area contributed by atoms with E-state index < -0.39 is 0 Å². The third kappa shape index (κ3) is 5.03. The zero-order valence-corrected chi connectivity index (χ0v) is 10.6. The molecule has 14 heavy (non-hydrogen) atoms. The van der Waals surface area contributed by atoms with Crippen molar-refractivity contribution in [2.24, 2.45) is 0 Å². The van der Waals surface area contributed by atoms with Gasteiger partial charge in [0.1, 0.15) is 0 Å². The van der Waals surface area contributed by atoms with Crippen LogP contribution < -0.4 is 5.32 Å². The summed E-state index contributed by atoms with van der Waals surface area (Å²) in [6.07, 6.45) is 2.59. The predicted molar refractivity (Wildman–Crippen MR) is 67.4 cm³/mol. The number of rotatable bonds is 7. The highest BCUT2D eigenvalue weighted by atomic mass is 32.2. The van der Waals surface area contributed by atoms with Gasteiger partial charge in [-0.3, -0.25) is 0 Å². The monoisotopic (exact) mass is 229 g/mol. The standard InChI is InChI=1S/C11H19NS2/c1-3-12-10(2)6-4-8-13-11-7-5-9-14-11/h5,7,9-10,12H,3-4,6,8H2,1-2H3. The molecule has 0 aromatic carbocycles. The molecule has 0 bridgehead atoms. The second-order valence-electron chi connectivity index (χ2n) is 3.38. The molecule has 1 N–H and O–H groups in total. The van der Waals surface area contributed by atoms with Crippen molar-refractivity contribution in [1.29, 1.82) is 0 Å². The first-order valence-corrected chi connectivity index (χ1v) is 7.09. The molecule has 0 fully saturated rings. The number of thioether (sulfide) groups is 1. The van der Waals surface area contributed by atoms with Crippen LogP contribution in [0.1, 0.15) is 26.7 Å². The van der Waals surface area contributed by atoms with Gasteiger partial charge in [-0.15, -0.1) is 23.1 Å². The van der Waals surface area contributed by atoms with E-state index in [1.807, 2.05) is 23.1 Å². The van der Waals surface area contributed by atoms with Gasteiger partial charge in [0.05, 0.1) is 4.21 Å². The van der Waals surface area contributed by atoms with E-state index in [-0.39, 0.29) is 0 Å². The van der Waals surface area contributed by atoms with Crippen LogP contribution >= 0.6 is 23.1 Å². The van der Waals surface area contributed by atoms with Crippen LogP contribution in [0.5, 0.6) is 0 Å². The van der Waals surface area contributed by atoms with E-state index in [0.717, 1.165) is 6.54 Å². The molecule has 0 radical (unpaired) electrons. The van der Waals surface area contributed by atoms with Gasteiger partial charge < -0.3 is 5.32 Å². The van der Waals surface area contributed by atoms with Crippen molar-refractivity contribution in [3.63, 3.8) is 0 Å². The molecule has 0 spiro atoms. The zero-order chi connectivity index (χ0) is 10.2. The van der Waals surface area contributed by atoms with Gasteiger partial charge in [0.2, 0.25) is 0 Å². The molecule has 0 saturated heterocycles. The second kappa shape index (κ2) is 7.32. The van der Waals surface area contributed by atoms with E-state index in [2.05, 4.69) is 36.7 Å². The summed E-state index contributed by atoms with van der Waals surface area (Å²) in [6, 6.07) is 4.99. The number of nitrogens with one attached hydrogen (secondary N) is 1. The quantitative estimate of drug-likeness (QED) is 0.566. The highest BCUT2D eigenvalue weighted by molar-refractivity contribution is 8.01. The molecule has 0 aliphatic heterocycles. The summed E-state index contributed by atoms with van der Waals surface area (Å²) in [5.41, 5.74) is 0. The Labute approximate surface area is 95.3 Å². The Bertz CT molecular complexity index is 221. The van der Waals surface area contributed by atoms with Crippen LogP contribution in [0.3, 0.4) is 0 Å². The smallest absolute Gasteiger partial charge is 0.0598 e. The third-order valence-corrected chi connectivity index (χ3v) is 4.29. The molecule has 1 atom stereocenters. The average molecular weight is 229 g/mol. The number of hydrogen-bond acceptors (Lipinski definition) is 3. The predicted octanol–water partition coefficient (Wildman–Crippen LogP) is 3.62. The van der Waals surface area contributed by atoms with Gasteiger partial charge in [-0.05, 0) is 43.5 Å². The molecule has 3 heteroatoms. The van der Waals surface area contributed by atoms with E-state index >= 15 is 0 Å². The maximum atomic E-state index is 3.43. The van der Waals surface area contributed by atoms with Gasteiger partial charge in [0.25, 0.3) is 0 Å². The molecule has 0 amide bonds. The zero-order valence-electron chi connectivity index (χ0n) is 8.95. The van der Waals surface area contributed by atoms with Crippen molar-refractivity contribution in [3.05, 3.63) is 17.5 Å². The Balaban J connectivity index is 1.99. The van der Waals surface area contributed by atoms with Crippen molar-refractivity contribution in [3.8, 4) is 0 Å². The summed E-state index contributed by atoms with van der Waals surface area (Å²) in [6.45, 7) is 5.51. The maximum Gasteiger partial charge on any atom is 0.0598 e. The van der Waals surface area contributed by atoms with E-state index in [9.17, 15) is 0 Å². The van der Waals surface area contributed by atoms with Gasteiger partial charge in [-0.1, -0.05) is 13.0 Å². The first-order chi connectivity index (χ1) is 6.83. The molecule has 0 saturated carbocycles. The Morgan fingerprint density at radius 1 is 1.57 bits per heavy atom. The highest BCUT2D eigenvalue weighted by Gasteiger charge is 1.99. The molecule has 1 unspecified atom stereocenters. The van der Waals surface area contributed by atoms with Gasteiger partial charge in [-0.25, -0.2) is 0 Å². The van der Waals surface area contributed by atoms with Crippen molar-refractivity contribution in [2.75, 3.05) is 12.3 Å². The molecule has 0 aliphatic carbocycles. The Kier molecular flexibility index (Phi) is 6.32. The van der Waals surface area contributed by atoms with Crippen LogP contribution in [-0.4, -0.2) is 18.3 Å². The van der Waals surface area contributed by atoms with Crippen molar-refractivity contribution < 1.29 is 0 Å². The van der Waals surface area contributed by atoms with Crippen LogP contribution in [0.15, 0.2) is 21.7 Å². The van der Waals surface area contributed by atoms with Gasteiger partial charge in [0.15, 0.2) is 0 Å². The number of thiophene rings is 1. The summed E-state index contributed by atoms with van der Waals surface area (Å²) in [4.78, 5) is 0. The van der Waals surface area contributed by atoms with Crippen LogP contribution in [0.2, 0.25) is 0 Å². The summed E-state index contributed by atoms with van der Waals surface area (Å²) in [5.74, 6) is 1.25. The molecule has 1 rings (SSSR count). The molecule has 1 heterocycles. The van der Waals surface area contributed by atoms with Crippen molar-refractivity contribution >= 4 is 23.1 Å². The van der Waals surface area contributed by atoms with Gasteiger partial charge in [0, 0.05) is 6.04 Å². The topological polar surface area (TPSA) is 12.0 Å². The Hall–Kier alpha value is 0.01000. The van der Waals surface area contributed by atoms with Gasteiger partial charge in [-0.2, -0.15) is 0 Å². The minimum Gasteiger partial charge on any atom is -0.315 e. The summed E-state index contributed by atoms with van der Waals surface area (Å²) >= 11 is 3.82. The molecular formula is C11H19NS2. The van der Waals surface area contributed by atoms with Crippen LogP contribution in [0, 0.1) is 0 Å². The van der Waals surface area contributed by atoms with Crippen LogP contribution in [-0.2, 0) is 0 Å². The lowest BCUT2D eigenvalue weighted by atomic mass is 10.2. The fourth-order valence-corrected chi connectivity index (χ4v) is 3.18. The Morgan fingerprint density at radius 3 is 3.07 bits per heavy atom. The second-order valence-corrected chi connectivity index (χ2v) is 5.72. The summed E-state index contributed by atoms with van der Waals surface area (Å²) in [5, 5.41) is 5.57. The van der Waals surface area contributed by atoms with Gasteiger partial charge >= 0.3 is 0 Å². The largest absolute Gasteiger partial charge is 0.315 e. The molecule has 0 aliphatic rings.